The number of carbonyl (C=O) groups excluding carboxylic acids is 2. The predicted molar refractivity (Wildman–Crippen MR) is 111 cm³/mol. The van der Waals surface area contributed by atoms with Crippen LogP contribution in [-0.4, -0.2) is 46.8 Å². The van der Waals surface area contributed by atoms with Crippen molar-refractivity contribution in [1.82, 2.24) is 4.90 Å². The number of amides is 2. The Bertz CT molecular complexity index is 830. The second-order valence-electron chi connectivity index (χ2n) is 6.95. The number of anilines is 1. The molecule has 2 saturated heterocycles. The monoisotopic (exact) mass is 402 g/mol. The number of ether oxygens (including phenoxy) is 1. The molecule has 1 aromatic carbocycles. The largest absolute Gasteiger partial charge is 0.376 e. The van der Waals surface area contributed by atoms with Gasteiger partial charge in [0, 0.05) is 18.7 Å². The lowest BCUT2D eigenvalue weighted by atomic mass is 10.1. The van der Waals surface area contributed by atoms with Gasteiger partial charge in [-0.1, -0.05) is 55.5 Å². The molecule has 3 aliphatic heterocycles. The molecule has 27 heavy (non-hydrogen) atoms. The average molecular weight is 403 g/mol. The van der Waals surface area contributed by atoms with Gasteiger partial charge >= 0.3 is 0 Å². The molecule has 0 radical (unpaired) electrons. The molecule has 2 amide bonds. The van der Waals surface area contributed by atoms with Crippen molar-refractivity contribution < 1.29 is 14.3 Å². The van der Waals surface area contributed by atoms with E-state index in [4.69, 9.17) is 17.0 Å². The highest BCUT2D eigenvalue weighted by molar-refractivity contribution is 8.26. The molecule has 0 aromatic heterocycles. The van der Waals surface area contributed by atoms with Gasteiger partial charge in [0.25, 0.3) is 11.8 Å². The zero-order valence-corrected chi connectivity index (χ0v) is 16.9. The lowest BCUT2D eigenvalue weighted by Crippen LogP contribution is -2.35. The average Bonchev–Trinajstić information content (AvgIpc) is 3.34. The molecule has 0 aliphatic carbocycles. The Morgan fingerprint density at radius 1 is 1.22 bits per heavy atom. The van der Waals surface area contributed by atoms with E-state index < -0.39 is 0 Å². The summed E-state index contributed by atoms with van der Waals surface area (Å²) in [5.41, 5.74) is 2.21. The van der Waals surface area contributed by atoms with Gasteiger partial charge < -0.3 is 9.64 Å². The van der Waals surface area contributed by atoms with E-state index in [1.54, 1.807) is 9.80 Å². The standard InChI is InChI=1S/C20H22N2O3S2/c1-2-3-10-21-15-9-5-4-8-14(15)16(18(21)23)17-19(24)22(20(26)27-17)12-13-7-6-11-25-13/h4-5,8-9,13H,2-3,6-7,10-12H2,1H3. The minimum Gasteiger partial charge on any atom is -0.376 e. The first-order valence-electron chi connectivity index (χ1n) is 9.42. The van der Waals surface area contributed by atoms with E-state index in [1.165, 1.54) is 11.8 Å². The van der Waals surface area contributed by atoms with Crippen LogP contribution in [-0.2, 0) is 14.3 Å². The van der Waals surface area contributed by atoms with Gasteiger partial charge in [0.15, 0.2) is 0 Å². The van der Waals surface area contributed by atoms with Crippen molar-refractivity contribution in [3.8, 4) is 0 Å². The number of thioether (sulfide) groups is 1. The van der Waals surface area contributed by atoms with Gasteiger partial charge in [0.1, 0.15) is 4.32 Å². The molecule has 0 spiro atoms. The van der Waals surface area contributed by atoms with Gasteiger partial charge in [-0.25, -0.2) is 0 Å². The first-order chi connectivity index (χ1) is 13.1. The quantitative estimate of drug-likeness (QED) is 0.557. The van der Waals surface area contributed by atoms with Crippen LogP contribution in [0.5, 0.6) is 0 Å². The fourth-order valence-corrected chi connectivity index (χ4v) is 5.08. The van der Waals surface area contributed by atoms with Crippen LogP contribution in [0, 0.1) is 0 Å². The van der Waals surface area contributed by atoms with Crippen molar-refractivity contribution in [1.29, 1.82) is 0 Å². The molecule has 2 fully saturated rings. The van der Waals surface area contributed by atoms with Crippen LogP contribution in [0.25, 0.3) is 5.57 Å². The van der Waals surface area contributed by atoms with Crippen molar-refractivity contribution in [2.75, 3.05) is 24.6 Å². The van der Waals surface area contributed by atoms with Crippen LogP contribution in [0.4, 0.5) is 5.69 Å². The number of thiocarbonyl (C=S) groups is 1. The summed E-state index contributed by atoms with van der Waals surface area (Å²) >= 11 is 6.69. The van der Waals surface area contributed by atoms with E-state index in [0.29, 0.717) is 27.9 Å². The van der Waals surface area contributed by atoms with Crippen LogP contribution < -0.4 is 4.90 Å². The molecule has 3 heterocycles. The molecule has 142 valence electrons. The molecule has 7 heteroatoms. The van der Waals surface area contributed by atoms with E-state index in [0.717, 1.165) is 43.5 Å². The minimum absolute atomic E-state index is 0.0319. The molecule has 4 rings (SSSR count). The zero-order valence-electron chi connectivity index (χ0n) is 15.3. The highest BCUT2D eigenvalue weighted by Crippen LogP contribution is 2.44. The van der Waals surface area contributed by atoms with E-state index in [-0.39, 0.29) is 17.9 Å². The van der Waals surface area contributed by atoms with Crippen LogP contribution in [0.15, 0.2) is 29.2 Å². The summed E-state index contributed by atoms with van der Waals surface area (Å²) in [6, 6.07) is 7.70. The summed E-state index contributed by atoms with van der Waals surface area (Å²) in [6.07, 6.45) is 3.91. The SMILES string of the molecule is CCCCN1C(=O)C(=C2SC(=S)N(CC3CCCO3)C2=O)c2ccccc21. The summed E-state index contributed by atoms with van der Waals surface area (Å²) in [5, 5.41) is 0. The van der Waals surface area contributed by atoms with Gasteiger partial charge in [-0.05, 0) is 25.3 Å². The van der Waals surface area contributed by atoms with Gasteiger partial charge in [-0.3, -0.25) is 14.5 Å². The molecule has 3 aliphatic rings. The third-order valence-corrected chi connectivity index (χ3v) is 6.59. The minimum atomic E-state index is -0.170. The number of fused-ring (bicyclic) bond motifs is 1. The van der Waals surface area contributed by atoms with Crippen molar-refractivity contribution in [2.45, 2.75) is 38.7 Å². The van der Waals surface area contributed by atoms with Crippen LogP contribution in [0.2, 0.25) is 0 Å². The fraction of sp³-hybridized carbons (Fsp3) is 0.450. The Balaban J connectivity index is 1.68. The highest BCUT2D eigenvalue weighted by atomic mass is 32.2. The molecular weight excluding hydrogens is 380 g/mol. The normalized spacial score (nSPS) is 25.1. The van der Waals surface area contributed by atoms with Crippen molar-refractivity contribution in [3.05, 3.63) is 34.7 Å². The van der Waals surface area contributed by atoms with E-state index >= 15 is 0 Å². The molecule has 0 N–H and O–H groups in total. The molecular formula is C20H22N2O3S2. The smallest absolute Gasteiger partial charge is 0.267 e. The number of para-hydroxylation sites is 1. The lowest BCUT2D eigenvalue weighted by Gasteiger charge is -2.18. The van der Waals surface area contributed by atoms with Crippen LogP contribution in [0.3, 0.4) is 0 Å². The third kappa shape index (κ3) is 3.32. The molecule has 5 nitrogen and oxygen atoms in total. The van der Waals surface area contributed by atoms with E-state index in [1.807, 2.05) is 24.3 Å². The molecule has 0 bridgehead atoms. The Morgan fingerprint density at radius 2 is 2.04 bits per heavy atom. The second-order valence-corrected chi connectivity index (χ2v) is 8.59. The van der Waals surface area contributed by atoms with Gasteiger partial charge in [-0.15, -0.1) is 0 Å². The van der Waals surface area contributed by atoms with Crippen molar-refractivity contribution >= 4 is 51.4 Å². The molecule has 1 atom stereocenters. The first-order valence-corrected chi connectivity index (χ1v) is 10.6. The molecule has 1 aromatic rings. The van der Waals surface area contributed by atoms with Crippen molar-refractivity contribution in [3.63, 3.8) is 0 Å². The number of benzene rings is 1. The van der Waals surface area contributed by atoms with Gasteiger partial charge in [0.2, 0.25) is 0 Å². The number of rotatable bonds is 5. The first kappa shape index (κ1) is 18.7. The van der Waals surface area contributed by atoms with Gasteiger partial charge in [-0.2, -0.15) is 0 Å². The van der Waals surface area contributed by atoms with Gasteiger partial charge in [0.05, 0.1) is 28.8 Å². The second kappa shape index (κ2) is 7.73. The number of unbranched alkanes of at least 4 members (excludes halogenated alkanes) is 1. The summed E-state index contributed by atoms with van der Waals surface area (Å²) in [7, 11) is 0. The van der Waals surface area contributed by atoms with E-state index in [2.05, 4.69) is 6.92 Å². The maximum Gasteiger partial charge on any atom is 0.267 e. The number of hydrogen-bond donors (Lipinski definition) is 0. The Hall–Kier alpha value is -1.70. The van der Waals surface area contributed by atoms with E-state index in [9.17, 15) is 9.59 Å². The Morgan fingerprint density at radius 3 is 2.78 bits per heavy atom. The molecule has 1 unspecified atom stereocenters. The summed E-state index contributed by atoms with van der Waals surface area (Å²) in [5.74, 6) is -0.265. The Kier molecular flexibility index (Phi) is 5.34. The topological polar surface area (TPSA) is 49.9 Å². The maximum absolute atomic E-state index is 13.2. The maximum atomic E-state index is 13.2. The number of hydrogen-bond acceptors (Lipinski definition) is 5. The molecule has 0 saturated carbocycles. The lowest BCUT2D eigenvalue weighted by molar-refractivity contribution is -0.123. The Labute approximate surface area is 168 Å². The van der Waals surface area contributed by atoms with Crippen molar-refractivity contribution in [2.24, 2.45) is 0 Å². The summed E-state index contributed by atoms with van der Waals surface area (Å²) in [4.78, 5) is 30.1. The zero-order chi connectivity index (χ0) is 19.0. The third-order valence-electron chi connectivity index (χ3n) is 5.14. The fourth-order valence-electron chi connectivity index (χ4n) is 3.74. The van der Waals surface area contributed by atoms with Crippen LogP contribution >= 0.6 is 24.0 Å². The summed E-state index contributed by atoms with van der Waals surface area (Å²) < 4.78 is 6.17. The number of carbonyl (C=O) groups is 2. The van der Waals surface area contributed by atoms with Crippen LogP contribution in [0.1, 0.15) is 38.2 Å². The predicted octanol–water partition coefficient (Wildman–Crippen LogP) is 3.58. The highest BCUT2D eigenvalue weighted by Gasteiger charge is 2.42. The summed E-state index contributed by atoms with van der Waals surface area (Å²) in [6.45, 7) is 3.96. The number of nitrogens with zero attached hydrogens (tertiary/aromatic N) is 2.